The number of hydrogen-bond acceptors (Lipinski definition) is 7. The van der Waals surface area contributed by atoms with Gasteiger partial charge in [0.1, 0.15) is 0 Å². The molecule has 1 atom stereocenters. The number of ether oxygens (including phenoxy) is 1. The Bertz CT molecular complexity index is 846. The first-order chi connectivity index (χ1) is 14.5. The topological polar surface area (TPSA) is 101 Å². The largest absolute Gasteiger partial charge is 0.483 e. The summed E-state index contributed by atoms with van der Waals surface area (Å²) in [6.07, 6.45) is 7.37. The number of carboxylic acid groups (broad SMARTS) is 1. The molecule has 1 fully saturated rings. The van der Waals surface area contributed by atoms with Crippen LogP contribution < -0.4 is 4.90 Å². The van der Waals surface area contributed by atoms with Crippen molar-refractivity contribution in [2.75, 3.05) is 44.8 Å². The summed E-state index contributed by atoms with van der Waals surface area (Å²) in [4.78, 5) is 31.7. The third-order valence-corrected chi connectivity index (χ3v) is 6.65. The van der Waals surface area contributed by atoms with Crippen LogP contribution in [0.2, 0.25) is 0 Å². The maximum Gasteiger partial charge on any atom is 0.290 e. The molecule has 164 valence electrons. The van der Waals surface area contributed by atoms with Crippen molar-refractivity contribution in [2.24, 2.45) is 13.0 Å². The molecular weight excluding hydrogens is 406 g/mol. The van der Waals surface area contributed by atoms with E-state index in [9.17, 15) is 4.79 Å². The molecule has 1 unspecified atom stereocenters. The molecule has 9 nitrogen and oxygen atoms in total. The van der Waals surface area contributed by atoms with Crippen molar-refractivity contribution in [2.45, 2.75) is 25.7 Å². The minimum absolute atomic E-state index is 0.0519. The minimum Gasteiger partial charge on any atom is -0.483 e. The molecule has 0 spiro atoms. The van der Waals surface area contributed by atoms with Crippen LogP contribution in [0.25, 0.3) is 0 Å². The number of aryl methyl sites for hydroxylation is 2. The highest BCUT2D eigenvalue weighted by molar-refractivity contribution is 7.15. The van der Waals surface area contributed by atoms with Crippen LogP contribution in [0.15, 0.2) is 12.4 Å². The number of carbonyl (C=O) groups excluding carboxylic acids is 1. The maximum atomic E-state index is 12.9. The molecule has 3 heterocycles. The molecule has 10 heteroatoms. The summed E-state index contributed by atoms with van der Waals surface area (Å²) in [5.41, 5.74) is 2.30. The van der Waals surface area contributed by atoms with Crippen LogP contribution in [-0.2, 0) is 40.6 Å². The van der Waals surface area contributed by atoms with Gasteiger partial charge in [-0.05, 0) is 24.8 Å². The molecule has 1 aliphatic carbocycles. The Morgan fingerprint density at radius 3 is 2.83 bits per heavy atom. The number of amides is 1. The van der Waals surface area contributed by atoms with Gasteiger partial charge in [-0.25, -0.2) is 4.98 Å². The van der Waals surface area contributed by atoms with Gasteiger partial charge >= 0.3 is 0 Å². The Morgan fingerprint density at radius 2 is 2.17 bits per heavy atom. The van der Waals surface area contributed by atoms with Gasteiger partial charge in [0.2, 0.25) is 5.91 Å². The van der Waals surface area contributed by atoms with Gasteiger partial charge < -0.3 is 19.6 Å². The van der Waals surface area contributed by atoms with E-state index >= 15 is 0 Å². The van der Waals surface area contributed by atoms with E-state index in [1.54, 1.807) is 16.0 Å². The minimum atomic E-state index is -0.250. The smallest absolute Gasteiger partial charge is 0.290 e. The number of aromatic nitrogens is 3. The van der Waals surface area contributed by atoms with Gasteiger partial charge in [0.25, 0.3) is 6.47 Å². The molecule has 2 aromatic heterocycles. The van der Waals surface area contributed by atoms with Crippen LogP contribution in [0.5, 0.6) is 0 Å². The van der Waals surface area contributed by atoms with Gasteiger partial charge in [0.05, 0.1) is 25.1 Å². The Balaban J connectivity index is 0.000000806. The molecule has 1 saturated heterocycles. The van der Waals surface area contributed by atoms with Crippen LogP contribution in [0.4, 0.5) is 5.13 Å². The lowest BCUT2D eigenvalue weighted by molar-refractivity contribution is -0.134. The monoisotopic (exact) mass is 435 g/mol. The lowest BCUT2D eigenvalue weighted by Gasteiger charge is -2.26. The molecule has 1 amide bonds. The quantitative estimate of drug-likeness (QED) is 0.705. The van der Waals surface area contributed by atoms with E-state index in [1.807, 2.05) is 31.4 Å². The Morgan fingerprint density at radius 1 is 1.43 bits per heavy atom. The highest BCUT2D eigenvalue weighted by Crippen LogP contribution is 2.34. The zero-order chi connectivity index (χ0) is 21.5. The Labute approximate surface area is 180 Å². The molecule has 1 N–H and O–H groups in total. The summed E-state index contributed by atoms with van der Waals surface area (Å²) in [5.74, 6) is 0.293. The molecule has 0 aromatic carbocycles. The molecule has 4 rings (SSSR count). The first-order valence-electron chi connectivity index (χ1n) is 10.1. The fourth-order valence-corrected chi connectivity index (χ4v) is 4.94. The van der Waals surface area contributed by atoms with Crippen molar-refractivity contribution in [3.05, 3.63) is 28.5 Å². The molecule has 0 bridgehead atoms. The summed E-state index contributed by atoms with van der Waals surface area (Å²) >= 11 is 1.80. The fraction of sp³-hybridized carbons (Fsp3) is 0.600. The van der Waals surface area contributed by atoms with Gasteiger partial charge in [0.15, 0.2) is 5.13 Å². The third-order valence-electron chi connectivity index (χ3n) is 5.43. The summed E-state index contributed by atoms with van der Waals surface area (Å²) < 4.78 is 7.23. The average Bonchev–Trinajstić information content (AvgIpc) is 3.38. The predicted molar refractivity (Wildman–Crippen MR) is 114 cm³/mol. The number of hydrogen-bond donors (Lipinski definition) is 1. The molecule has 1 aliphatic heterocycles. The SMILES string of the molecule is CN(CCc1cnn(C)c1)C(=O)C1CCc2sc(N3CCOCC3)nc2C1.O=CO. The first kappa shape index (κ1) is 22.2. The van der Waals surface area contributed by atoms with Crippen LogP contribution in [0.3, 0.4) is 0 Å². The van der Waals surface area contributed by atoms with Gasteiger partial charge in [-0.15, -0.1) is 11.3 Å². The van der Waals surface area contributed by atoms with Gasteiger partial charge in [-0.2, -0.15) is 5.10 Å². The van der Waals surface area contributed by atoms with E-state index in [2.05, 4.69) is 10.00 Å². The summed E-state index contributed by atoms with van der Waals surface area (Å²) in [5, 5.41) is 12.2. The lowest BCUT2D eigenvalue weighted by atomic mass is 9.90. The zero-order valence-corrected chi connectivity index (χ0v) is 18.3. The van der Waals surface area contributed by atoms with Crippen molar-refractivity contribution < 1.29 is 19.4 Å². The number of morpholine rings is 1. The second-order valence-corrected chi connectivity index (χ2v) is 8.60. The Hall–Kier alpha value is -2.46. The first-order valence-corrected chi connectivity index (χ1v) is 10.9. The van der Waals surface area contributed by atoms with E-state index in [0.717, 1.165) is 74.9 Å². The Kier molecular flexibility index (Phi) is 7.81. The second kappa shape index (κ2) is 10.5. The lowest BCUT2D eigenvalue weighted by Crippen LogP contribution is -2.37. The van der Waals surface area contributed by atoms with Crippen molar-refractivity contribution >= 4 is 28.8 Å². The van der Waals surface area contributed by atoms with E-state index in [4.69, 9.17) is 19.6 Å². The van der Waals surface area contributed by atoms with Gasteiger partial charge in [-0.3, -0.25) is 14.3 Å². The van der Waals surface area contributed by atoms with Crippen LogP contribution >= 0.6 is 11.3 Å². The molecule has 30 heavy (non-hydrogen) atoms. The maximum absolute atomic E-state index is 12.9. The molecule has 2 aliphatic rings. The number of anilines is 1. The van der Waals surface area contributed by atoms with Crippen LogP contribution in [0, 0.1) is 5.92 Å². The number of likely N-dealkylation sites (N-methyl/N-ethyl adjacent to an activating group) is 1. The highest BCUT2D eigenvalue weighted by Gasteiger charge is 2.30. The van der Waals surface area contributed by atoms with E-state index < -0.39 is 0 Å². The third kappa shape index (κ3) is 5.57. The van der Waals surface area contributed by atoms with Crippen molar-refractivity contribution in [3.8, 4) is 0 Å². The van der Waals surface area contributed by atoms with Gasteiger partial charge in [0, 0.05) is 57.1 Å². The van der Waals surface area contributed by atoms with Crippen molar-refractivity contribution in [1.29, 1.82) is 0 Å². The number of thiazole rings is 1. The van der Waals surface area contributed by atoms with E-state index in [-0.39, 0.29) is 18.3 Å². The van der Waals surface area contributed by atoms with Crippen LogP contribution in [-0.4, -0.2) is 77.0 Å². The second-order valence-electron chi connectivity index (χ2n) is 7.54. The standard InChI is InChI=1S/C19H27N5O2S.CH2O2/c1-22(6-5-14-12-20-23(2)13-14)18(25)15-3-4-17-16(11-15)21-19(27-17)24-7-9-26-10-8-24;2-1-3/h12-13,15H,3-11H2,1-2H3;1H,(H,2,3). The zero-order valence-electron chi connectivity index (χ0n) is 17.5. The number of carbonyl (C=O) groups is 2. The molecule has 2 aromatic rings. The molecule has 0 saturated carbocycles. The van der Waals surface area contributed by atoms with E-state index in [0.29, 0.717) is 0 Å². The van der Waals surface area contributed by atoms with Crippen LogP contribution in [0.1, 0.15) is 22.6 Å². The highest BCUT2D eigenvalue weighted by atomic mass is 32.1. The summed E-state index contributed by atoms with van der Waals surface area (Å²) in [6.45, 7) is 3.84. The average molecular weight is 436 g/mol. The number of rotatable bonds is 5. The van der Waals surface area contributed by atoms with Crippen molar-refractivity contribution in [1.82, 2.24) is 19.7 Å². The predicted octanol–water partition coefficient (Wildman–Crippen LogP) is 1.22. The van der Waals surface area contributed by atoms with Gasteiger partial charge in [-0.1, -0.05) is 0 Å². The normalized spacial score (nSPS) is 18.2. The summed E-state index contributed by atoms with van der Waals surface area (Å²) in [6, 6.07) is 0. The molecular formula is C20H29N5O4S. The molecule has 0 radical (unpaired) electrons. The fourth-order valence-electron chi connectivity index (χ4n) is 3.79. The van der Waals surface area contributed by atoms with E-state index in [1.165, 1.54) is 4.88 Å². The number of fused-ring (bicyclic) bond motifs is 1. The summed E-state index contributed by atoms with van der Waals surface area (Å²) in [7, 11) is 3.82. The number of nitrogens with zero attached hydrogens (tertiary/aromatic N) is 5. The van der Waals surface area contributed by atoms with Crippen molar-refractivity contribution in [3.63, 3.8) is 0 Å².